The van der Waals surface area contributed by atoms with Crippen LogP contribution in [0.15, 0.2) is 114 Å². The fraction of sp³-hybridized carbons (Fsp3) is 0.235. The molecule has 0 aliphatic carbocycles. The Morgan fingerprint density at radius 3 is 2.00 bits per heavy atom. The van der Waals surface area contributed by atoms with E-state index in [0.717, 1.165) is 21.0 Å². The summed E-state index contributed by atoms with van der Waals surface area (Å²) in [5.41, 5.74) is 3.09. The van der Waals surface area contributed by atoms with Gasteiger partial charge in [-0.3, -0.25) is 13.9 Å². The highest BCUT2D eigenvalue weighted by Crippen LogP contribution is 2.26. The lowest BCUT2D eigenvalue weighted by Crippen LogP contribution is -2.53. The van der Waals surface area contributed by atoms with Gasteiger partial charge in [-0.25, -0.2) is 8.42 Å². The zero-order valence-electron chi connectivity index (χ0n) is 24.6. The van der Waals surface area contributed by atoms with Crippen LogP contribution in [-0.2, 0) is 32.6 Å². The molecule has 0 aliphatic rings. The summed E-state index contributed by atoms with van der Waals surface area (Å²) in [5.74, 6) is -0.309. The molecule has 9 heteroatoms. The number of hydrogen-bond acceptors (Lipinski definition) is 5. The van der Waals surface area contributed by atoms with Gasteiger partial charge in [-0.05, 0) is 61.4 Å². The lowest BCUT2D eigenvalue weighted by atomic mass is 10.0. The second-order valence-electron chi connectivity index (χ2n) is 10.1. The molecule has 0 unspecified atom stereocenters. The first-order valence-corrected chi connectivity index (χ1v) is 15.6. The normalized spacial score (nSPS) is 11.8. The van der Waals surface area contributed by atoms with Crippen LogP contribution in [0, 0.1) is 6.92 Å². The van der Waals surface area contributed by atoms with E-state index in [0.29, 0.717) is 18.0 Å². The Bertz CT molecular complexity index is 1590. The van der Waals surface area contributed by atoms with E-state index in [1.54, 1.807) is 42.5 Å². The van der Waals surface area contributed by atoms with Gasteiger partial charge >= 0.3 is 0 Å². The molecule has 0 saturated heterocycles. The largest absolute Gasteiger partial charge is 0.494 e. The number of para-hydroxylation sites is 1. The van der Waals surface area contributed by atoms with Crippen LogP contribution < -0.4 is 14.4 Å². The minimum Gasteiger partial charge on any atom is -0.494 e. The fourth-order valence-corrected chi connectivity index (χ4v) is 6.15. The zero-order chi connectivity index (χ0) is 30.8. The van der Waals surface area contributed by atoms with Gasteiger partial charge in [0.25, 0.3) is 10.0 Å². The summed E-state index contributed by atoms with van der Waals surface area (Å²) in [6, 6.07) is 30.9. The Labute approximate surface area is 254 Å². The monoisotopic (exact) mass is 599 g/mol. The molecule has 0 radical (unpaired) electrons. The van der Waals surface area contributed by atoms with E-state index < -0.39 is 28.5 Å². The zero-order valence-corrected chi connectivity index (χ0v) is 25.5. The number of benzene rings is 4. The first-order chi connectivity index (χ1) is 20.7. The summed E-state index contributed by atoms with van der Waals surface area (Å²) in [7, 11) is -2.64. The van der Waals surface area contributed by atoms with Crippen molar-refractivity contribution in [3.8, 4) is 5.75 Å². The SMILES string of the molecule is CCOc1ccc(S(=O)(=O)N(CC(=O)N(Cc2ccc(C)cc2)[C@@H](Cc2ccccc2)C(=O)NC)c2ccccc2)cc1. The molecule has 1 atom stereocenters. The van der Waals surface area contributed by atoms with Crippen LogP contribution in [0.5, 0.6) is 5.75 Å². The molecule has 8 nitrogen and oxygen atoms in total. The molecule has 0 heterocycles. The number of rotatable bonds is 13. The molecule has 0 spiro atoms. The van der Waals surface area contributed by atoms with Crippen LogP contribution in [0.4, 0.5) is 5.69 Å². The summed E-state index contributed by atoms with van der Waals surface area (Å²) in [5, 5.41) is 2.70. The molecule has 43 heavy (non-hydrogen) atoms. The van der Waals surface area contributed by atoms with Crippen LogP contribution in [-0.4, -0.2) is 51.4 Å². The van der Waals surface area contributed by atoms with Crippen molar-refractivity contribution in [3.63, 3.8) is 0 Å². The van der Waals surface area contributed by atoms with Gasteiger partial charge in [-0.15, -0.1) is 0 Å². The molecule has 224 valence electrons. The average Bonchev–Trinajstić information content (AvgIpc) is 3.03. The molecule has 0 bridgehead atoms. The Kier molecular flexibility index (Phi) is 10.6. The molecule has 4 rings (SSSR count). The number of anilines is 1. The molecule has 0 saturated carbocycles. The van der Waals surface area contributed by atoms with Crippen molar-refractivity contribution in [3.05, 3.63) is 126 Å². The van der Waals surface area contributed by atoms with Gasteiger partial charge in [0.05, 0.1) is 17.2 Å². The summed E-state index contributed by atoms with van der Waals surface area (Å²) in [6.07, 6.45) is 0.259. The van der Waals surface area contributed by atoms with E-state index in [9.17, 15) is 18.0 Å². The van der Waals surface area contributed by atoms with Crippen molar-refractivity contribution in [1.82, 2.24) is 10.2 Å². The number of likely N-dealkylation sites (N-methyl/N-ethyl adjacent to an activating group) is 1. The van der Waals surface area contributed by atoms with E-state index >= 15 is 0 Å². The fourth-order valence-electron chi connectivity index (χ4n) is 4.74. The first-order valence-electron chi connectivity index (χ1n) is 14.1. The van der Waals surface area contributed by atoms with Crippen molar-refractivity contribution in [2.24, 2.45) is 0 Å². The predicted octanol–water partition coefficient (Wildman–Crippen LogP) is 4.98. The Morgan fingerprint density at radius 1 is 0.814 bits per heavy atom. The number of ether oxygens (including phenoxy) is 1. The minimum absolute atomic E-state index is 0.0184. The van der Waals surface area contributed by atoms with Gasteiger partial charge in [-0.1, -0.05) is 78.4 Å². The third-order valence-electron chi connectivity index (χ3n) is 7.04. The quantitative estimate of drug-likeness (QED) is 0.234. The number of sulfonamides is 1. The van der Waals surface area contributed by atoms with E-state index in [-0.39, 0.29) is 23.8 Å². The van der Waals surface area contributed by atoms with E-state index in [4.69, 9.17) is 4.74 Å². The summed E-state index contributed by atoms with van der Waals surface area (Å²) in [6.45, 7) is 3.88. The van der Waals surface area contributed by atoms with Gasteiger partial charge in [0.15, 0.2) is 0 Å². The lowest BCUT2D eigenvalue weighted by molar-refractivity contribution is -0.139. The van der Waals surface area contributed by atoms with Gasteiger partial charge in [0, 0.05) is 20.0 Å². The van der Waals surface area contributed by atoms with Gasteiger partial charge in [0.1, 0.15) is 18.3 Å². The lowest BCUT2D eigenvalue weighted by Gasteiger charge is -2.33. The topological polar surface area (TPSA) is 96.0 Å². The van der Waals surface area contributed by atoms with Crippen molar-refractivity contribution in [2.75, 3.05) is 24.5 Å². The predicted molar refractivity (Wildman–Crippen MR) is 168 cm³/mol. The molecule has 0 aliphatic heterocycles. The molecular formula is C34H37N3O5S. The van der Waals surface area contributed by atoms with E-state index in [1.165, 1.54) is 24.1 Å². The second-order valence-corrected chi connectivity index (χ2v) is 11.9. The van der Waals surface area contributed by atoms with Crippen molar-refractivity contribution >= 4 is 27.5 Å². The molecule has 1 N–H and O–H groups in total. The maximum absolute atomic E-state index is 14.3. The van der Waals surface area contributed by atoms with Crippen LogP contribution in [0.25, 0.3) is 0 Å². The Morgan fingerprint density at radius 2 is 1.42 bits per heavy atom. The number of carbonyl (C=O) groups is 2. The molecule has 2 amide bonds. The molecule has 0 aromatic heterocycles. The van der Waals surface area contributed by atoms with Crippen LogP contribution in [0.2, 0.25) is 0 Å². The number of amides is 2. The summed E-state index contributed by atoms with van der Waals surface area (Å²) in [4.78, 5) is 29.1. The summed E-state index contributed by atoms with van der Waals surface area (Å²) < 4.78 is 34.7. The molecule has 4 aromatic rings. The van der Waals surface area contributed by atoms with Crippen molar-refractivity contribution in [1.29, 1.82) is 0 Å². The number of nitrogens with one attached hydrogen (secondary N) is 1. The second kappa shape index (κ2) is 14.5. The highest BCUT2D eigenvalue weighted by atomic mass is 32.2. The van der Waals surface area contributed by atoms with Crippen molar-refractivity contribution in [2.45, 2.75) is 37.8 Å². The first kappa shape index (κ1) is 31.3. The van der Waals surface area contributed by atoms with E-state index in [2.05, 4.69) is 5.32 Å². The number of hydrogen-bond donors (Lipinski definition) is 1. The van der Waals surface area contributed by atoms with Crippen LogP contribution in [0.3, 0.4) is 0 Å². The number of carbonyl (C=O) groups excluding carboxylic acids is 2. The minimum atomic E-state index is -4.17. The summed E-state index contributed by atoms with van der Waals surface area (Å²) >= 11 is 0. The molecule has 0 fully saturated rings. The maximum atomic E-state index is 14.3. The third kappa shape index (κ3) is 8.02. The van der Waals surface area contributed by atoms with Crippen LogP contribution >= 0.6 is 0 Å². The average molecular weight is 600 g/mol. The van der Waals surface area contributed by atoms with Gasteiger partial charge < -0.3 is 15.0 Å². The van der Waals surface area contributed by atoms with Gasteiger partial charge in [-0.2, -0.15) is 0 Å². The standard InChI is InChI=1S/C34H37N3O5S/c1-4-42-30-19-21-31(22-20-30)43(40,41)37(29-13-9-6-10-14-29)25-33(38)36(24-28-17-15-26(2)16-18-28)32(34(39)35-3)23-27-11-7-5-8-12-27/h5-22,32H,4,23-25H2,1-3H3,(H,35,39)/t32-/m0/s1. The smallest absolute Gasteiger partial charge is 0.264 e. The maximum Gasteiger partial charge on any atom is 0.264 e. The highest BCUT2D eigenvalue weighted by molar-refractivity contribution is 7.92. The highest BCUT2D eigenvalue weighted by Gasteiger charge is 2.34. The van der Waals surface area contributed by atoms with Crippen molar-refractivity contribution < 1.29 is 22.7 Å². The van der Waals surface area contributed by atoms with E-state index in [1.807, 2.05) is 68.4 Å². The Hall–Kier alpha value is -4.63. The number of aryl methyl sites for hydroxylation is 1. The molecule has 4 aromatic carbocycles. The Balaban J connectivity index is 1.75. The molecular weight excluding hydrogens is 562 g/mol. The number of nitrogens with zero attached hydrogens (tertiary/aromatic N) is 2. The van der Waals surface area contributed by atoms with Gasteiger partial charge in [0.2, 0.25) is 11.8 Å². The third-order valence-corrected chi connectivity index (χ3v) is 8.82. The van der Waals surface area contributed by atoms with Crippen LogP contribution in [0.1, 0.15) is 23.6 Å².